The van der Waals surface area contributed by atoms with Gasteiger partial charge in [-0.1, -0.05) is 0 Å². The standard InChI is InChI=1S/C7H9N3O2/c1-10-5(7(11)12)4-2-3-8-6(4)9-10/h2-3H2,1H3,(H,8,9)(H,11,12). The molecule has 0 amide bonds. The van der Waals surface area contributed by atoms with Crippen molar-refractivity contribution in [3.63, 3.8) is 0 Å². The van der Waals surface area contributed by atoms with Crippen LogP contribution in [0.15, 0.2) is 0 Å². The Kier molecular flexibility index (Phi) is 1.33. The summed E-state index contributed by atoms with van der Waals surface area (Å²) in [6, 6.07) is 0. The zero-order valence-electron chi connectivity index (χ0n) is 6.66. The van der Waals surface area contributed by atoms with Crippen molar-refractivity contribution in [3.05, 3.63) is 11.3 Å². The van der Waals surface area contributed by atoms with E-state index < -0.39 is 5.97 Å². The third-order valence-corrected chi connectivity index (χ3v) is 2.02. The Morgan fingerprint density at radius 3 is 3.17 bits per heavy atom. The second-order valence-electron chi connectivity index (χ2n) is 2.78. The van der Waals surface area contributed by atoms with Crippen LogP contribution in [0.4, 0.5) is 5.82 Å². The van der Waals surface area contributed by atoms with Crippen LogP contribution in [0.5, 0.6) is 0 Å². The molecule has 0 saturated carbocycles. The first kappa shape index (κ1) is 7.15. The van der Waals surface area contributed by atoms with Gasteiger partial charge >= 0.3 is 5.97 Å². The van der Waals surface area contributed by atoms with E-state index >= 15 is 0 Å². The number of carboxylic acid groups (broad SMARTS) is 1. The van der Waals surface area contributed by atoms with Crippen molar-refractivity contribution in [2.75, 3.05) is 11.9 Å². The fourth-order valence-electron chi connectivity index (χ4n) is 1.52. The van der Waals surface area contributed by atoms with Crippen LogP contribution in [0.1, 0.15) is 16.1 Å². The van der Waals surface area contributed by atoms with E-state index in [0.29, 0.717) is 5.69 Å². The summed E-state index contributed by atoms with van der Waals surface area (Å²) in [7, 11) is 1.64. The number of hydrogen-bond acceptors (Lipinski definition) is 3. The van der Waals surface area contributed by atoms with Crippen molar-refractivity contribution in [3.8, 4) is 0 Å². The van der Waals surface area contributed by atoms with E-state index in [4.69, 9.17) is 5.11 Å². The zero-order valence-corrected chi connectivity index (χ0v) is 6.66. The molecule has 0 radical (unpaired) electrons. The molecule has 1 aromatic rings. The molecule has 0 unspecified atom stereocenters. The van der Waals surface area contributed by atoms with Crippen LogP contribution < -0.4 is 5.32 Å². The maximum Gasteiger partial charge on any atom is 0.354 e. The summed E-state index contributed by atoms with van der Waals surface area (Å²) in [5.41, 5.74) is 1.13. The largest absolute Gasteiger partial charge is 0.477 e. The molecular formula is C7H9N3O2. The topological polar surface area (TPSA) is 67.2 Å². The molecule has 0 spiro atoms. The molecule has 1 aliphatic heterocycles. The average Bonchev–Trinajstić information content (AvgIpc) is 2.44. The molecule has 5 nitrogen and oxygen atoms in total. The van der Waals surface area contributed by atoms with Crippen LogP contribution in [-0.4, -0.2) is 27.4 Å². The van der Waals surface area contributed by atoms with Crippen molar-refractivity contribution >= 4 is 11.8 Å². The van der Waals surface area contributed by atoms with Gasteiger partial charge in [0.2, 0.25) is 0 Å². The van der Waals surface area contributed by atoms with Gasteiger partial charge in [-0.2, -0.15) is 5.10 Å². The predicted molar refractivity (Wildman–Crippen MR) is 42.4 cm³/mol. The van der Waals surface area contributed by atoms with E-state index in [0.717, 1.165) is 24.3 Å². The fourth-order valence-corrected chi connectivity index (χ4v) is 1.52. The molecule has 64 valence electrons. The minimum Gasteiger partial charge on any atom is -0.477 e. The van der Waals surface area contributed by atoms with Crippen molar-refractivity contribution in [2.45, 2.75) is 6.42 Å². The Balaban J connectivity index is 2.59. The Hall–Kier alpha value is -1.52. The van der Waals surface area contributed by atoms with Gasteiger partial charge in [-0.3, -0.25) is 4.68 Å². The van der Waals surface area contributed by atoms with Crippen LogP contribution in [0.2, 0.25) is 0 Å². The molecule has 0 atom stereocenters. The van der Waals surface area contributed by atoms with E-state index in [1.54, 1.807) is 7.05 Å². The summed E-state index contributed by atoms with van der Waals surface area (Å²) in [5.74, 6) is -0.190. The lowest BCUT2D eigenvalue weighted by molar-refractivity contribution is 0.0684. The summed E-state index contributed by atoms with van der Waals surface area (Å²) in [4.78, 5) is 10.8. The molecule has 5 heteroatoms. The molecule has 2 N–H and O–H groups in total. The molecule has 1 aromatic heterocycles. The summed E-state index contributed by atoms with van der Waals surface area (Å²) in [6.45, 7) is 0.790. The third kappa shape index (κ3) is 0.792. The van der Waals surface area contributed by atoms with Crippen LogP contribution >= 0.6 is 0 Å². The van der Waals surface area contributed by atoms with Crippen LogP contribution in [0.3, 0.4) is 0 Å². The van der Waals surface area contributed by atoms with Gasteiger partial charge in [0.05, 0.1) is 0 Å². The number of hydrogen-bond donors (Lipinski definition) is 2. The SMILES string of the molecule is Cn1nc2c(c1C(=O)O)CCN2. The Morgan fingerprint density at radius 2 is 2.50 bits per heavy atom. The van der Waals surface area contributed by atoms with E-state index in [2.05, 4.69) is 10.4 Å². The minimum absolute atomic E-state index is 0.301. The highest BCUT2D eigenvalue weighted by Gasteiger charge is 2.24. The maximum atomic E-state index is 10.8. The van der Waals surface area contributed by atoms with Crippen LogP contribution in [-0.2, 0) is 13.5 Å². The second kappa shape index (κ2) is 2.23. The van der Waals surface area contributed by atoms with Gasteiger partial charge in [0.1, 0.15) is 0 Å². The average molecular weight is 167 g/mol. The van der Waals surface area contributed by atoms with Crippen molar-refractivity contribution in [1.29, 1.82) is 0 Å². The van der Waals surface area contributed by atoms with Gasteiger partial charge in [0, 0.05) is 19.2 Å². The number of carbonyl (C=O) groups is 1. The summed E-state index contributed by atoms with van der Waals surface area (Å²) in [6.07, 6.45) is 0.755. The monoisotopic (exact) mass is 167 g/mol. The maximum absolute atomic E-state index is 10.8. The Labute approximate surface area is 69.0 Å². The van der Waals surface area contributed by atoms with Crippen molar-refractivity contribution in [2.24, 2.45) is 7.05 Å². The van der Waals surface area contributed by atoms with E-state index in [1.165, 1.54) is 4.68 Å². The van der Waals surface area contributed by atoms with E-state index in [-0.39, 0.29) is 0 Å². The number of carboxylic acids is 1. The lowest BCUT2D eigenvalue weighted by Crippen LogP contribution is -2.09. The number of aromatic nitrogens is 2. The van der Waals surface area contributed by atoms with Gasteiger partial charge in [-0.25, -0.2) is 4.79 Å². The molecule has 0 aliphatic carbocycles. The number of rotatable bonds is 1. The normalized spacial score (nSPS) is 14.1. The highest BCUT2D eigenvalue weighted by molar-refractivity contribution is 5.89. The smallest absolute Gasteiger partial charge is 0.354 e. The van der Waals surface area contributed by atoms with E-state index in [9.17, 15) is 4.79 Å². The van der Waals surface area contributed by atoms with Gasteiger partial charge in [-0.15, -0.1) is 0 Å². The summed E-state index contributed by atoms with van der Waals surface area (Å²) >= 11 is 0. The molecule has 2 heterocycles. The molecule has 1 aliphatic rings. The third-order valence-electron chi connectivity index (χ3n) is 2.02. The Bertz CT molecular complexity index is 343. The molecule has 12 heavy (non-hydrogen) atoms. The zero-order chi connectivity index (χ0) is 8.72. The molecule has 2 rings (SSSR count). The van der Waals surface area contributed by atoms with Crippen LogP contribution in [0, 0.1) is 0 Å². The second-order valence-corrected chi connectivity index (χ2v) is 2.78. The number of anilines is 1. The van der Waals surface area contributed by atoms with Crippen molar-refractivity contribution in [1.82, 2.24) is 9.78 Å². The molecule has 0 bridgehead atoms. The summed E-state index contributed by atoms with van der Waals surface area (Å²) in [5, 5.41) is 15.9. The number of aryl methyl sites for hydroxylation is 1. The molecule has 0 aromatic carbocycles. The van der Waals surface area contributed by atoms with Crippen molar-refractivity contribution < 1.29 is 9.90 Å². The lowest BCUT2D eigenvalue weighted by Gasteiger charge is -1.96. The number of fused-ring (bicyclic) bond motifs is 1. The highest BCUT2D eigenvalue weighted by Crippen LogP contribution is 2.23. The summed E-state index contributed by atoms with van der Waals surface area (Å²) < 4.78 is 1.40. The Morgan fingerprint density at radius 1 is 1.75 bits per heavy atom. The fraction of sp³-hybridized carbons (Fsp3) is 0.429. The quantitative estimate of drug-likeness (QED) is 0.621. The number of aromatic carboxylic acids is 1. The first-order valence-corrected chi connectivity index (χ1v) is 3.73. The van der Waals surface area contributed by atoms with Gasteiger partial charge in [0.25, 0.3) is 0 Å². The number of nitrogens with one attached hydrogen (secondary N) is 1. The molecular weight excluding hydrogens is 158 g/mol. The van der Waals surface area contributed by atoms with Gasteiger partial charge in [0.15, 0.2) is 11.5 Å². The van der Waals surface area contributed by atoms with Gasteiger partial charge in [-0.05, 0) is 6.42 Å². The van der Waals surface area contributed by atoms with Crippen LogP contribution in [0.25, 0.3) is 0 Å². The van der Waals surface area contributed by atoms with Gasteiger partial charge < -0.3 is 10.4 Å². The molecule has 0 saturated heterocycles. The minimum atomic E-state index is -0.907. The lowest BCUT2D eigenvalue weighted by atomic mass is 10.2. The first-order valence-electron chi connectivity index (χ1n) is 3.73. The predicted octanol–water partition coefficient (Wildman–Crippen LogP) is 0.0863. The highest BCUT2D eigenvalue weighted by atomic mass is 16.4. The van der Waals surface area contributed by atoms with E-state index in [1.807, 2.05) is 0 Å². The molecule has 0 fully saturated rings. The first-order chi connectivity index (χ1) is 5.70. The number of nitrogens with zero attached hydrogens (tertiary/aromatic N) is 2.